The Bertz CT molecular complexity index is 2640. The number of rotatable bonds is 19. The van der Waals surface area contributed by atoms with Crippen LogP contribution in [0, 0.1) is 0 Å². The van der Waals surface area contributed by atoms with Gasteiger partial charge in [-0.2, -0.15) is 8.91 Å². The molecule has 320 valence electrons. The molecule has 2 aliphatic heterocycles. The van der Waals surface area contributed by atoms with Gasteiger partial charge in [-0.25, -0.2) is 8.42 Å². The van der Waals surface area contributed by atoms with E-state index in [-0.39, 0.29) is 48.0 Å². The normalized spacial score (nSPS) is 16.4. The maximum Gasteiger partial charge on any atom is 1.00 e. The van der Waals surface area contributed by atoms with E-state index in [1.807, 2.05) is 30.3 Å². The van der Waals surface area contributed by atoms with Crippen LogP contribution in [-0.4, -0.2) is 66.2 Å². The van der Waals surface area contributed by atoms with Crippen molar-refractivity contribution in [2.24, 2.45) is 0 Å². The molecule has 0 saturated heterocycles. The average Bonchev–Trinajstić information content (AvgIpc) is 3.60. The summed E-state index contributed by atoms with van der Waals surface area (Å²) in [5, 5.41) is 28.0. The van der Waals surface area contributed by atoms with Crippen LogP contribution in [-0.2, 0) is 30.3 Å². The van der Waals surface area contributed by atoms with Gasteiger partial charge in [0, 0.05) is 77.6 Å². The van der Waals surface area contributed by atoms with Crippen LogP contribution in [0.3, 0.4) is 0 Å². The van der Waals surface area contributed by atoms with Gasteiger partial charge in [-0.15, -0.1) is 0 Å². The standard InChI is InChI=1S/C49H54N2O8S2.Na/c1-48(2)44(50(28-12-32-60-59-58-53)42-24-20-36-14-5-7-18-40(36)46(42)48)26-22-35(38-16-11-17-39(34-38)57-31-10-9-30-52)23-27-45-49(3,4)47-41-19-8-6-15-37(41)21-25-43(47)51(45)29-13-33-61(54,55)56;/h5-8,11,14-27,34,52H,9-10,12-13,28-33H2,1-4H3,(H-,53,54,55,56);/q;+1/p-1. The van der Waals surface area contributed by atoms with Gasteiger partial charge < -0.3 is 24.6 Å². The Morgan fingerprint density at radius 3 is 2.27 bits per heavy atom. The second-order valence-electron chi connectivity index (χ2n) is 16.5. The number of hydrogen-bond acceptors (Lipinski definition) is 10. The first-order valence-corrected chi connectivity index (χ1v) is 23.3. The number of anilines is 1. The van der Waals surface area contributed by atoms with Gasteiger partial charge in [0.05, 0.1) is 22.1 Å². The third-order valence-electron chi connectivity index (χ3n) is 11.8. The molecular weight excluding hydrogens is 832 g/mol. The van der Waals surface area contributed by atoms with Crippen LogP contribution >= 0.6 is 12.0 Å². The van der Waals surface area contributed by atoms with E-state index < -0.39 is 21.3 Å². The fraction of sp³-hybridized carbons (Fsp3) is 0.327. The smallest absolute Gasteiger partial charge is 0.748 e. The third-order valence-corrected chi connectivity index (χ3v) is 13.2. The minimum Gasteiger partial charge on any atom is -0.748 e. The number of aliphatic hydroxyl groups is 1. The monoisotopic (exact) mass is 884 g/mol. The number of aliphatic hydroxyl groups excluding tert-OH is 1. The zero-order valence-corrected chi connectivity index (χ0v) is 39.8. The fourth-order valence-corrected chi connectivity index (χ4v) is 9.88. The fourth-order valence-electron chi connectivity index (χ4n) is 9.04. The van der Waals surface area contributed by atoms with E-state index >= 15 is 0 Å². The van der Waals surface area contributed by atoms with Crippen molar-refractivity contribution in [3.8, 4) is 5.75 Å². The van der Waals surface area contributed by atoms with Crippen molar-refractivity contribution < 1.29 is 71.6 Å². The minimum absolute atomic E-state index is 0. The van der Waals surface area contributed by atoms with Gasteiger partial charge >= 0.3 is 29.6 Å². The summed E-state index contributed by atoms with van der Waals surface area (Å²) in [4.78, 5) is 2.17. The summed E-state index contributed by atoms with van der Waals surface area (Å²) >= 11 is 0.989. The summed E-state index contributed by atoms with van der Waals surface area (Å²) in [6, 6.07) is 33.3. The molecule has 0 aromatic heterocycles. The maximum absolute atomic E-state index is 11.8. The summed E-state index contributed by atoms with van der Waals surface area (Å²) in [5.74, 6) is 0.836. The molecule has 0 saturated carbocycles. The Morgan fingerprint density at radius 1 is 0.855 bits per heavy atom. The predicted octanol–water partition coefficient (Wildman–Crippen LogP) is 6.04. The van der Waals surface area contributed by atoms with E-state index in [1.165, 1.54) is 16.3 Å². The maximum atomic E-state index is 11.8. The number of benzene rings is 5. The molecule has 0 amide bonds. The Labute approximate surface area is 391 Å². The second kappa shape index (κ2) is 20.8. The molecule has 2 aliphatic rings. The van der Waals surface area contributed by atoms with E-state index in [4.69, 9.17) is 4.74 Å². The summed E-state index contributed by atoms with van der Waals surface area (Å²) < 4.78 is 48.4. The van der Waals surface area contributed by atoms with Crippen LogP contribution in [0.4, 0.5) is 11.4 Å². The SMILES string of the molecule is CC1(C)C(/C=C/C(=C/C=C2/N(CCCS(=O)(=O)[O-])c3ccc4ccccc4c3C2(C)C)c2cccc(OCCCCO)c2)=[N+](CCCSOO[O-])c2ccc3ccccc3c21.[Na+]. The molecule has 0 unspecified atom stereocenters. The van der Waals surface area contributed by atoms with Crippen molar-refractivity contribution in [1.82, 2.24) is 0 Å². The van der Waals surface area contributed by atoms with Crippen molar-refractivity contribution in [3.05, 3.63) is 144 Å². The van der Waals surface area contributed by atoms with Crippen molar-refractivity contribution in [1.29, 1.82) is 0 Å². The molecule has 62 heavy (non-hydrogen) atoms. The first kappa shape index (κ1) is 47.7. The number of hydrogen-bond donors (Lipinski definition) is 1. The molecule has 5 aromatic carbocycles. The minimum atomic E-state index is -4.40. The van der Waals surface area contributed by atoms with Crippen LogP contribution in [0.15, 0.2) is 127 Å². The van der Waals surface area contributed by atoms with Crippen LogP contribution < -0.4 is 44.5 Å². The van der Waals surface area contributed by atoms with E-state index in [0.717, 1.165) is 80.9 Å². The molecule has 0 bridgehead atoms. The first-order chi connectivity index (χ1) is 29.3. The number of ether oxygens (including phenoxy) is 1. The molecule has 2 heterocycles. The molecule has 5 aromatic rings. The Morgan fingerprint density at radius 2 is 1.56 bits per heavy atom. The van der Waals surface area contributed by atoms with Crippen molar-refractivity contribution in [2.75, 3.05) is 42.7 Å². The number of allylic oxidation sites excluding steroid dienone is 6. The largest absolute Gasteiger partial charge is 1.00 e. The molecule has 0 atom stereocenters. The van der Waals surface area contributed by atoms with Gasteiger partial charge in [-0.05, 0) is 108 Å². The molecule has 13 heteroatoms. The third kappa shape index (κ3) is 10.4. The first-order valence-electron chi connectivity index (χ1n) is 20.8. The summed E-state index contributed by atoms with van der Waals surface area (Å²) in [6.45, 7) is 10.5. The number of unbranched alkanes of at least 4 members (excludes halogenated alkanes) is 1. The van der Waals surface area contributed by atoms with Gasteiger partial charge in [0.25, 0.3) is 0 Å². The van der Waals surface area contributed by atoms with E-state index in [1.54, 1.807) is 0 Å². The summed E-state index contributed by atoms with van der Waals surface area (Å²) in [6.07, 6.45) is 10.9. The van der Waals surface area contributed by atoms with Crippen LogP contribution in [0.2, 0.25) is 0 Å². The Hall–Kier alpha value is -3.79. The van der Waals surface area contributed by atoms with Crippen LogP contribution in [0.25, 0.3) is 27.1 Å². The molecule has 10 nitrogen and oxygen atoms in total. The van der Waals surface area contributed by atoms with Crippen molar-refractivity contribution >= 4 is 66.4 Å². The predicted molar refractivity (Wildman–Crippen MR) is 243 cm³/mol. The van der Waals surface area contributed by atoms with Gasteiger partial charge in [0.2, 0.25) is 5.69 Å². The molecule has 1 N–H and O–H groups in total. The van der Waals surface area contributed by atoms with Gasteiger partial charge in [-0.1, -0.05) is 86.7 Å². The molecule has 0 spiro atoms. The number of nitrogens with zero attached hydrogens (tertiary/aromatic N) is 2. The average molecular weight is 885 g/mol. The second-order valence-corrected chi connectivity index (χ2v) is 18.8. The number of fused-ring (bicyclic) bond motifs is 6. The van der Waals surface area contributed by atoms with E-state index in [9.17, 15) is 23.3 Å². The van der Waals surface area contributed by atoms with E-state index in [2.05, 4.69) is 138 Å². The zero-order valence-electron chi connectivity index (χ0n) is 36.1. The zero-order chi connectivity index (χ0) is 43.2. The van der Waals surface area contributed by atoms with Gasteiger partial charge in [0.1, 0.15) is 12.3 Å². The van der Waals surface area contributed by atoms with Crippen molar-refractivity contribution in [2.45, 2.75) is 64.2 Å². The van der Waals surface area contributed by atoms with Crippen LogP contribution in [0.5, 0.6) is 5.75 Å². The summed E-state index contributed by atoms with van der Waals surface area (Å²) in [5.41, 5.74) is 7.63. The van der Waals surface area contributed by atoms with E-state index in [0.29, 0.717) is 31.9 Å². The van der Waals surface area contributed by atoms with Crippen molar-refractivity contribution in [3.63, 3.8) is 0 Å². The summed E-state index contributed by atoms with van der Waals surface area (Å²) in [7, 11) is -4.40. The molecular formula is C49H53N2NaO8S2. The quantitative estimate of drug-likeness (QED) is 0.0153. The topological polar surface area (TPSA) is 134 Å². The Balaban J connectivity index is 0.00000641. The van der Waals surface area contributed by atoms with Gasteiger partial charge in [0.15, 0.2) is 5.71 Å². The Kier molecular flexibility index (Phi) is 16.0. The van der Waals surface area contributed by atoms with Gasteiger partial charge in [-0.3, -0.25) is 5.04 Å². The molecule has 0 aliphatic carbocycles. The molecule has 0 radical (unpaired) electrons. The molecule has 7 rings (SSSR count). The van der Waals surface area contributed by atoms with Crippen LogP contribution in [0.1, 0.15) is 70.1 Å². The molecule has 0 fully saturated rings.